The van der Waals surface area contributed by atoms with Gasteiger partial charge in [0.2, 0.25) is 0 Å². The van der Waals surface area contributed by atoms with Gasteiger partial charge in [0.25, 0.3) is 0 Å². The number of hydrogen-bond acceptors (Lipinski definition) is 2. The van der Waals surface area contributed by atoms with E-state index < -0.39 is 25.6 Å². The van der Waals surface area contributed by atoms with E-state index in [4.69, 9.17) is 10.00 Å². The monoisotopic (exact) mass is 226 g/mol. The molecule has 0 saturated heterocycles. The summed E-state index contributed by atoms with van der Waals surface area (Å²) in [6, 6.07) is 7.11. The highest BCUT2D eigenvalue weighted by molar-refractivity contribution is 7.39. The molecule has 15 heavy (non-hydrogen) atoms. The summed E-state index contributed by atoms with van der Waals surface area (Å²) in [5, 5.41) is 9.05. The molecule has 0 amide bonds. The van der Waals surface area contributed by atoms with E-state index in [2.05, 4.69) is 0 Å². The van der Waals surface area contributed by atoms with Crippen LogP contribution in [0.3, 0.4) is 0 Å². The molecule has 0 fully saturated rings. The zero-order chi connectivity index (χ0) is 11.0. The quantitative estimate of drug-likeness (QED) is 0.744. The Labute approximate surface area is 87.4 Å². The molecule has 0 aliphatic heterocycles. The van der Waals surface area contributed by atoms with Gasteiger partial charge in [-0.2, -0.15) is 0 Å². The van der Waals surface area contributed by atoms with Crippen LogP contribution in [-0.2, 0) is 15.8 Å². The first kappa shape index (κ1) is 10.4. The largest absolute Gasteiger partial charge is 0.481 e. The number of benzene rings is 1. The van der Waals surface area contributed by atoms with E-state index in [0.717, 1.165) is 5.56 Å². The fourth-order valence-electron chi connectivity index (χ4n) is 2.13. The molecular formula is C10H11O4P. The third-order valence-electron chi connectivity index (χ3n) is 2.82. The van der Waals surface area contributed by atoms with Crippen molar-refractivity contribution >= 4 is 14.0 Å². The molecule has 1 aromatic rings. The van der Waals surface area contributed by atoms with Crippen LogP contribution in [0.2, 0.25) is 0 Å². The molecule has 0 saturated carbocycles. The van der Waals surface area contributed by atoms with Gasteiger partial charge in [-0.1, -0.05) is 24.3 Å². The molecule has 0 spiro atoms. The number of fused-ring (bicyclic) bond motifs is 1. The Morgan fingerprint density at radius 1 is 1.40 bits per heavy atom. The summed E-state index contributed by atoms with van der Waals surface area (Å²) in [5.41, 5.74) is 0.912. The maximum absolute atomic E-state index is 11.1. The number of rotatable bonds is 2. The molecule has 5 heteroatoms. The number of carbonyl (C=O) groups is 1. The van der Waals surface area contributed by atoms with Crippen molar-refractivity contribution in [3.8, 4) is 0 Å². The van der Waals surface area contributed by atoms with Gasteiger partial charge in [0.1, 0.15) is 0 Å². The predicted octanol–water partition coefficient (Wildman–Crippen LogP) is 1.25. The second kappa shape index (κ2) is 3.80. The van der Waals surface area contributed by atoms with E-state index in [1.54, 1.807) is 12.1 Å². The first-order valence-electron chi connectivity index (χ1n) is 4.64. The molecule has 3 atom stereocenters. The minimum Gasteiger partial charge on any atom is -0.481 e. The van der Waals surface area contributed by atoms with Gasteiger partial charge in [0.15, 0.2) is 8.03 Å². The van der Waals surface area contributed by atoms with Crippen molar-refractivity contribution < 1.29 is 19.4 Å². The molecular weight excluding hydrogens is 215 g/mol. The van der Waals surface area contributed by atoms with Crippen LogP contribution >= 0.6 is 8.03 Å². The molecule has 4 nitrogen and oxygen atoms in total. The van der Waals surface area contributed by atoms with Crippen molar-refractivity contribution in [1.82, 2.24) is 0 Å². The molecule has 1 aromatic carbocycles. The third-order valence-corrected chi connectivity index (χ3v) is 3.99. The zero-order valence-corrected chi connectivity index (χ0v) is 8.88. The van der Waals surface area contributed by atoms with Crippen LogP contribution in [0.15, 0.2) is 24.3 Å². The van der Waals surface area contributed by atoms with Gasteiger partial charge in [-0.05, 0) is 17.5 Å². The fraction of sp³-hybridized carbons (Fsp3) is 0.300. The molecule has 0 aromatic heterocycles. The topological polar surface area (TPSA) is 74.6 Å². The van der Waals surface area contributed by atoms with Crippen molar-refractivity contribution in [2.45, 2.75) is 18.0 Å². The molecule has 80 valence electrons. The van der Waals surface area contributed by atoms with Crippen molar-refractivity contribution in [2.24, 2.45) is 0 Å². The highest BCUT2D eigenvalue weighted by Crippen LogP contribution is 2.44. The first-order valence-corrected chi connectivity index (χ1v) is 6.08. The van der Waals surface area contributed by atoms with Crippen LogP contribution in [0.5, 0.6) is 0 Å². The Morgan fingerprint density at radius 3 is 2.67 bits per heavy atom. The summed E-state index contributed by atoms with van der Waals surface area (Å²) < 4.78 is 11.1. The Hall–Kier alpha value is -1.12. The van der Waals surface area contributed by atoms with Crippen LogP contribution in [0, 0.1) is 0 Å². The number of aliphatic carboxylic acids is 1. The van der Waals surface area contributed by atoms with Gasteiger partial charge in [0.05, 0.1) is 11.6 Å². The molecule has 2 N–H and O–H groups in total. The second-order valence-electron chi connectivity index (χ2n) is 3.66. The lowest BCUT2D eigenvalue weighted by molar-refractivity contribution is -0.138. The third kappa shape index (κ3) is 1.71. The summed E-state index contributed by atoms with van der Waals surface area (Å²) in [6.45, 7) is 0. The van der Waals surface area contributed by atoms with Gasteiger partial charge >= 0.3 is 5.97 Å². The van der Waals surface area contributed by atoms with Gasteiger partial charge < -0.3 is 10.00 Å². The predicted molar refractivity (Wildman–Crippen MR) is 55.5 cm³/mol. The normalized spacial score (nSPS) is 25.9. The highest BCUT2D eigenvalue weighted by atomic mass is 31.1. The lowest BCUT2D eigenvalue weighted by atomic mass is 10.0. The van der Waals surface area contributed by atoms with Crippen molar-refractivity contribution in [3.63, 3.8) is 0 Å². The summed E-state index contributed by atoms with van der Waals surface area (Å²) >= 11 is 0. The van der Waals surface area contributed by atoms with Crippen LogP contribution in [0.4, 0.5) is 0 Å². The van der Waals surface area contributed by atoms with Crippen LogP contribution in [0.1, 0.15) is 17.0 Å². The van der Waals surface area contributed by atoms with Crippen molar-refractivity contribution in [1.29, 1.82) is 0 Å². The average molecular weight is 226 g/mol. The van der Waals surface area contributed by atoms with Crippen LogP contribution in [0.25, 0.3) is 0 Å². The summed E-state index contributed by atoms with van der Waals surface area (Å²) in [4.78, 5) is 20.2. The number of hydrogen-bond donors (Lipinski definition) is 2. The lowest BCUT2D eigenvalue weighted by Gasteiger charge is -2.12. The molecule has 1 aliphatic carbocycles. The van der Waals surface area contributed by atoms with E-state index in [-0.39, 0.29) is 0 Å². The summed E-state index contributed by atoms with van der Waals surface area (Å²) in [6.07, 6.45) is 0.390. The zero-order valence-electron chi connectivity index (χ0n) is 7.88. The van der Waals surface area contributed by atoms with E-state index in [0.29, 0.717) is 12.0 Å². The van der Waals surface area contributed by atoms with E-state index in [1.807, 2.05) is 12.1 Å². The summed E-state index contributed by atoms with van der Waals surface area (Å²) in [5.74, 6) is -1.84. The Morgan fingerprint density at radius 2 is 2.07 bits per heavy atom. The van der Waals surface area contributed by atoms with E-state index in [9.17, 15) is 9.36 Å². The maximum atomic E-state index is 11.1. The second-order valence-corrected chi connectivity index (χ2v) is 5.08. The highest BCUT2D eigenvalue weighted by Gasteiger charge is 2.40. The average Bonchev–Trinajstić information content (AvgIpc) is 2.56. The minimum absolute atomic E-state index is 0.390. The maximum Gasteiger partial charge on any atom is 0.311 e. The lowest BCUT2D eigenvalue weighted by Crippen LogP contribution is -2.19. The van der Waals surface area contributed by atoms with Crippen LogP contribution in [-0.4, -0.2) is 21.6 Å². The Bertz CT molecular complexity index is 429. The molecule has 0 bridgehead atoms. The standard InChI is InChI=1S/C10H11O4P/c11-10(12)9-7-4-2-1-3-6(7)5-8(9)15(13)14/h1-4,8-9,15H,5H2,(H,11,12)(H,13,14). The molecule has 2 rings (SSSR count). The van der Waals surface area contributed by atoms with Crippen molar-refractivity contribution in [3.05, 3.63) is 35.4 Å². The Balaban J connectivity index is 2.46. The van der Waals surface area contributed by atoms with Gasteiger partial charge in [-0.3, -0.25) is 9.36 Å². The molecule has 0 heterocycles. The van der Waals surface area contributed by atoms with Crippen LogP contribution < -0.4 is 0 Å². The van der Waals surface area contributed by atoms with E-state index in [1.165, 1.54) is 0 Å². The van der Waals surface area contributed by atoms with E-state index >= 15 is 0 Å². The van der Waals surface area contributed by atoms with Gasteiger partial charge in [-0.15, -0.1) is 0 Å². The molecule has 3 unspecified atom stereocenters. The fourth-order valence-corrected chi connectivity index (χ4v) is 3.13. The van der Waals surface area contributed by atoms with Crippen molar-refractivity contribution in [2.75, 3.05) is 0 Å². The number of carboxylic acid groups (broad SMARTS) is 1. The van der Waals surface area contributed by atoms with Gasteiger partial charge in [0, 0.05) is 0 Å². The molecule has 0 radical (unpaired) electrons. The minimum atomic E-state index is -2.80. The Kier molecular flexibility index (Phi) is 2.63. The first-order chi connectivity index (χ1) is 7.11. The molecule has 1 aliphatic rings. The summed E-state index contributed by atoms with van der Waals surface area (Å²) in [7, 11) is -2.80. The smallest absolute Gasteiger partial charge is 0.311 e. The SMILES string of the molecule is O=C(O)C1c2ccccc2CC1[PH](=O)O. The number of carboxylic acids is 1. The van der Waals surface area contributed by atoms with Gasteiger partial charge in [-0.25, -0.2) is 0 Å².